The number of carboxylic acids is 1. The van der Waals surface area contributed by atoms with Crippen LogP contribution in [-0.2, 0) is 28.8 Å². The molecule has 0 aliphatic heterocycles. The summed E-state index contributed by atoms with van der Waals surface area (Å²) in [5.41, 5.74) is -0.279. The molecule has 0 aromatic heterocycles. The number of phenols is 1. The van der Waals surface area contributed by atoms with Crippen LogP contribution in [0.3, 0.4) is 0 Å². The van der Waals surface area contributed by atoms with Crippen molar-refractivity contribution in [3.8, 4) is 5.75 Å². The van der Waals surface area contributed by atoms with Crippen LogP contribution in [0.2, 0.25) is 0 Å². The lowest BCUT2D eigenvalue weighted by Gasteiger charge is -2.20. The number of benzene rings is 1. The van der Waals surface area contributed by atoms with Crippen LogP contribution >= 0.6 is 0 Å². The van der Waals surface area contributed by atoms with Crippen LogP contribution in [-0.4, -0.2) is 75.8 Å². The van der Waals surface area contributed by atoms with Gasteiger partial charge in [0.1, 0.15) is 12.1 Å². The average Bonchev–Trinajstić information content (AvgIpc) is 3.34. The Balaban J connectivity index is 2.50. The summed E-state index contributed by atoms with van der Waals surface area (Å²) in [6.45, 7) is 5.34. The normalized spacial score (nSPS) is 11.9. The molecule has 0 bridgehead atoms. The monoisotopic (exact) mass is 1010 g/mol. The van der Waals surface area contributed by atoms with Crippen LogP contribution in [0.4, 0.5) is 11.4 Å². The maximum atomic E-state index is 13.4. The van der Waals surface area contributed by atoms with Crippen molar-refractivity contribution < 1.29 is 43.9 Å². The van der Waals surface area contributed by atoms with Gasteiger partial charge in [0.15, 0.2) is 5.75 Å². The van der Waals surface area contributed by atoms with E-state index in [0.717, 1.165) is 76.3 Å². The number of unbranched alkanes of at least 4 members (excludes halogenated alkanes) is 31. The van der Waals surface area contributed by atoms with E-state index in [1.54, 1.807) is 0 Å². The predicted octanol–water partition coefficient (Wildman–Crippen LogP) is 12.4. The predicted molar refractivity (Wildman–Crippen MR) is 288 cm³/mol. The lowest BCUT2D eigenvalue weighted by molar-refractivity contribution is -0.385. The Hall–Kier alpha value is -4.76. The number of nitro groups is 1. The van der Waals surface area contributed by atoms with Gasteiger partial charge in [0.2, 0.25) is 29.5 Å². The third-order valence-corrected chi connectivity index (χ3v) is 13.3. The summed E-state index contributed by atoms with van der Waals surface area (Å²) in [6, 6.07) is 0.900. The molecule has 5 amide bonds. The Bertz CT molecular complexity index is 1640. The first-order valence-electron chi connectivity index (χ1n) is 28.5. The van der Waals surface area contributed by atoms with Crippen LogP contribution in [0.15, 0.2) is 18.2 Å². The summed E-state index contributed by atoms with van der Waals surface area (Å²) in [5.74, 6) is -4.36. The molecule has 0 saturated heterocycles. The molecule has 2 unspecified atom stereocenters. The van der Waals surface area contributed by atoms with Gasteiger partial charge >= 0.3 is 11.7 Å². The fraction of sp³-hybridized carbons (Fsp3) is 0.786. The number of aliphatic carboxylic acids is 1. The number of hydrogen-bond acceptors (Lipinski definition) is 9. The standard InChI is InChI=1S/C56H98N6O10/c1-3-5-7-9-11-13-15-17-19-21-23-27-31-35-41-57-53(66)44-47(55(68)58-42-36-32-28-24-22-20-18-16-14-12-10-8-6-4-2)60-54(67)45-48(56(69)70)61-52(65)38-34-30-26-25-29-33-37-51(64)59-46-39-40-50(63)49(43-46)62(71)72/h39-40,43,47-48,63H,3-38,41-42,44-45H2,1-2H3,(H,57,66)(H,58,68)(H,59,64)(H,60,67)(H,61,65)(H,69,70). The SMILES string of the molecule is CCCCCCCCCCCCCCCCNC(=O)CC(NC(=O)CC(NC(=O)CCCCCCCCC(=O)Nc1ccc(O)c([N+](=O)[O-])c1)C(=O)O)C(=O)NCCCCCCCCCCCCCCCC. The highest BCUT2D eigenvalue weighted by atomic mass is 16.6. The largest absolute Gasteiger partial charge is 0.502 e. The lowest BCUT2D eigenvalue weighted by atomic mass is 10.0. The van der Waals surface area contributed by atoms with E-state index < -0.39 is 58.6 Å². The van der Waals surface area contributed by atoms with Gasteiger partial charge in [-0.3, -0.25) is 34.1 Å². The Morgan fingerprint density at radius 1 is 0.486 bits per heavy atom. The summed E-state index contributed by atoms with van der Waals surface area (Å²) in [4.78, 5) is 87.1. The van der Waals surface area contributed by atoms with E-state index in [2.05, 4.69) is 40.4 Å². The van der Waals surface area contributed by atoms with E-state index >= 15 is 0 Å². The van der Waals surface area contributed by atoms with Crippen molar-refractivity contribution in [1.29, 1.82) is 0 Å². The van der Waals surface area contributed by atoms with Gasteiger partial charge in [0, 0.05) is 37.7 Å². The molecule has 1 rings (SSSR count). The summed E-state index contributed by atoms with van der Waals surface area (Å²) in [5, 5.41) is 43.9. The molecule has 0 aliphatic rings. The Labute approximate surface area is 433 Å². The number of nitro benzene ring substituents is 1. The van der Waals surface area contributed by atoms with Gasteiger partial charge in [0.05, 0.1) is 17.8 Å². The number of hydrogen-bond donors (Lipinski definition) is 7. The minimum atomic E-state index is -1.52. The quantitative estimate of drug-likeness (QED) is 0.0141. The first-order chi connectivity index (χ1) is 34.9. The molecule has 2 atom stereocenters. The zero-order valence-electron chi connectivity index (χ0n) is 44.8. The fourth-order valence-corrected chi connectivity index (χ4v) is 8.82. The van der Waals surface area contributed by atoms with E-state index in [1.165, 1.54) is 141 Å². The molecular weight excluding hydrogens is 917 g/mol. The van der Waals surface area contributed by atoms with E-state index in [1.807, 2.05) is 0 Å². The van der Waals surface area contributed by atoms with Crippen LogP contribution in [0.5, 0.6) is 5.75 Å². The van der Waals surface area contributed by atoms with E-state index in [9.17, 15) is 49.1 Å². The third kappa shape index (κ3) is 37.1. The molecule has 1 aromatic rings. The van der Waals surface area contributed by atoms with Crippen molar-refractivity contribution in [2.45, 2.75) is 270 Å². The van der Waals surface area contributed by atoms with Crippen molar-refractivity contribution in [2.75, 3.05) is 18.4 Å². The number of aromatic hydroxyl groups is 1. The lowest BCUT2D eigenvalue weighted by Crippen LogP contribution is -2.51. The Kier molecular flexibility index (Phi) is 40.7. The van der Waals surface area contributed by atoms with Crippen molar-refractivity contribution in [1.82, 2.24) is 21.3 Å². The summed E-state index contributed by atoms with van der Waals surface area (Å²) in [7, 11) is 0. The van der Waals surface area contributed by atoms with Crippen LogP contribution in [0.1, 0.15) is 258 Å². The Morgan fingerprint density at radius 3 is 1.29 bits per heavy atom. The van der Waals surface area contributed by atoms with Gasteiger partial charge in [-0.05, 0) is 37.8 Å². The van der Waals surface area contributed by atoms with Crippen LogP contribution < -0.4 is 26.6 Å². The van der Waals surface area contributed by atoms with Gasteiger partial charge in [-0.2, -0.15) is 0 Å². The summed E-state index contributed by atoms with van der Waals surface area (Å²) < 4.78 is 0. The highest BCUT2D eigenvalue weighted by Crippen LogP contribution is 2.28. The average molecular weight is 1020 g/mol. The fourth-order valence-electron chi connectivity index (χ4n) is 8.82. The van der Waals surface area contributed by atoms with Crippen molar-refractivity contribution >= 4 is 46.9 Å². The zero-order chi connectivity index (χ0) is 52.9. The number of amides is 5. The highest BCUT2D eigenvalue weighted by Gasteiger charge is 2.28. The van der Waals surface area contributed by atoms with Crippen LogP contribution in [0, 0.1) is 10.1 Å². The molecule has 0 heterocycles. The second-order valence-corrected chi connectivity index (χ2v) is 20.0. The molecule has 0 aliphatic carbocycles. The first kappa shape index (κ1) is 65.3. The van der Waals surface area contributed by atoms with E-state index in [-0.39, 0.29) is 36.8 Å². The highest BCUT2D eigenvalue weighted by molar-refractivity contribution is 5.94. The number of nitrogens with one attached hydrogen (secondary N) is 5. The topological polar surface area (TPSA) is 246 Å². The molecule has 72 heavy (non-hydrogen) atoms. The molecule has 0 saturated carbocycles. The Morgan fingerprint density at radius 2 is 0.861 bits per heavy atom. The number of carboxylic acid groups (broad SMARTS) is 1. The molecule has 7 N–H and O–H groups in total. The molecule has 0 fully saturated rings. The van der Waals surface area contributed by atoms with Gasteiger partial charge in [-0.15, -0.1) is 0 Å². The number of carbonyl (C=O) groups is 6. The van der Waals surface area contributed by atoms with Gasteiger partial charge < -0.3 is 36.8 Å². The van der Waals surface area contributed by atoms with Gasteiger partial charge in [-0.25, -0.2) is 4.79 Å². The molecular formula is C56H98N6O10. The van der Waals surface area contributed by atoms with Gasteiger partial charge in [-0.1, -0.05) is 206 Å². The first-order valence-corrected chi connectivity index (χ1v) is 28.5. The minimum Gasteiger partial charge on any atom is -0.502 e. The number of anilines is 1. The number of nitrogens with zero attached hydrogens (tertiary/aromatic N) is 1. The number of rotatable bonds is 49. The van der Waals surface area contributed by atoms with Crippen molar-refractivity contribution in [3.05, 3.63) is 28.3 Å². The second-order valence-electron chi connectivity index (χ2n) is 20.0. The van der Waals surface area contributed by atoms with Crippen molar-refractivity contribution in [3.63, 3.8) is 0 Å². The van der Waals surface area contributed by atoms with Crippen molar-refractivity contribution in [2.24, 2.45) is 0 Å². The summed E-state index contributed by atoms with van der Waals surface area (Å²) >= 11 is 0. The van der Waals surface area contributed by atoms with E-state index in [0.29, 0.717) is 32.4 Å². The van der Waals surface area contributed by atoms with E-state index in [4.69, 9.17) is 0 Å². The minimum absolute atomic E-state index is 0.0519. The molecule has 0 radical (unpaired) electrons. The number of carbonyl (C=O) groups excluding carboxylic acids is 5. The zero-order valence-corrected chi connectivity index (χ0v) is 44.8. The molecule has 1 aromatic carbocycles. The maximum absolute atomic E-state index is 13.4. The molecule has 412 valence electrons. The van der Waals surface area contributed by atoms with Gasteiger partial charge in [0.25, 0.3) is 0 Å². The van der Waals surface area contributed by atoms with Crippen LogP contribution in [0.25, 0.3) is 0 Å². The number of phenolic OH excluding ortho intramolecular Hbond substituents is 1. The maximum Gasteiger partial charge on any atom is 0.326 e. The smallest absolute Gasteiger partial charge is 0.326 e. The third-order valence-electron chi connectivity index (χ3n) is 13.3. The molecule has 0 spiro atoms. The second kappa shape index (κ2) is 44.9. The molecule has 16 nitrogen and oxygen atoms in total. The summed E-state index contributed by atoms with van der Waals surface area (Å²) in [6.07, 6.45) is 37.6. The molecule has 16 heteroatoms.